The first-order valence-corrected chi connectivity index (χ1v) is 11.6. The molecule has 1 saturated heterocycles. The summed E-state index contributed by atoms with van der Waals surface area (Å²) in [6, 6.07) is 15.4. The Morgan fingerprint density at radius 3 is 2.81 bits per heavy atom. The van der Waals surface area contributed by atoms with E-state index in [0.29, 0.717) is 29.6 Å². The van der Waals surface area contributed by atoms with Gasteiger partial charge in [-0.1, -0.05) is 28.9 Å². The number of hydrogen-bond donors (Lipinski definition) is 0. The van der Waals surface area contributed by atoms with E-state index in [1.165, 1.54) is 0 Å². The van der Waals surface area contributed by atoms with Crippen molar-refractivity contribution < 1.29 is 9.32 Å². The average Bonchev–Trinajstić information content (AvgIpc) is 3.45. The van der Waals surface area contributed by atoms with Crippen LogP contribution in [0.1, 0.15) is 42.6 Å². The number of fused-ring (bicyclic) bond motifs is 1. The maximum Gasteiger partial charge on any atom is 0.227 e. The Balaban J connectivity index is 1.27. The molecule has 0 aliphatic carbocycles. The predicted molar refractivity (Wildman–Crippen MR) is 121 cm³/mol. The van der Waals surface area contributed by atoms with E-state index in [4.69, 9.17) is 21.1 Å². The monoisotopic (exact) mass is 452 g/mol. The molecule has 0 unspecified atom stereocenters. The van der Waals surface area contributed by atoms with E-state index >= 15 is 0 Å². The molecule has 1 fully saturated rings. The molecular formula is C23H21ClN4O2S. The first kappa shape index (κ1) is 20.2. The van der Waals surface area contributed by atoms with Crippen molar-refractivity contribution in [3.63, 3.8) is 0 Å². The summed E-state index contributed by atoms with van der Waals surface area (Å²) in [5.41, 5.74) is 1.83. The normalized spacial score (nSPS) is 16.7. The number of aryl methyl sites for hydroxylation is 1. The largest absolute Gasteiger partial charge is 0.339 e. The lowest BCUT2D eigenvalue weighted by molar-refractivity contribution is -0.135. The zero-order valence-corrected chi connectivity index (χ0v) is 18.4. The van der Waals surface area contributed by atoms with Gasteiger partial charge in [0.05, 0.1) is 16.3 Å². The first-order chi connectivity index (χ1) is 15.2. The van der Waals surface area contributed by atoms with Crippen LogP contribution in [0.5, 0.6) is 0 Å². The van der Waals surface area contributed by atoms with Crippen LogP contribution >= 0.6 is 22.9 Å². The van der Waals surface area contributed by atoms with Gasteiger partial charge in [-0.25, -0.2) is 4.98 Å². The molecule has 1 amide bonds. The van der Waals surface area contributed by atoms with Gasteiger partial charge >= 0.3 is 0 Å². The van der Waals surface area contributed by atoms with E-state index in [1.54, 1.807) is 23.5 Å². The summed E-state index contributed by atoms with van der Waals surface area (Å²) in [7, 11) is 0. The zero-order chi connectivity index (χ0) is 21.2. The number of hydrogen-bond acceptors (Lipinski definition) is 6. The minimum absolute atomic E-state index is 0.0472. The van der Waals surface area contributed by atoms with Crippen LogP contribution in [-0.4, -0.2) is 32.5 Å². The van der Waals surface area contributed by atoms with Crippen molar-refractivity contribution in [2.75, 3.05) is 6.54 Å². The van der Waals surface area contributed by atoms with E-state index in [0.717, 1.165) is 46.6 Å². The number of nitrogens with zero attached hydrogens (tertiary/aromatic N) is 4. The Hall–Kier alpha value is -2.77. The second kappa shape index (κ2) is 8.77. The second-order valence-corrected chi connectivity index (χ2v) is 9.14. The molecule has 1 aliphatic rings. The van der Waals surface area contributed by atoms with Gasteiger partial charge in [0, 0.05) is 30.0 Å². The van der Waals surface area contributed by atoms with Gasteiger partial charge in [0.1, 0.15) is 5.01 Å². The Labute approximate surface area is 188 Å². The Morgan fingerprint density at radius 2 is 1.97 bits per heavy atom. The standard InChI is InChI=1S/C23H21ClN4O2S/c24-16-10-8-15(9-11-16)22-26-20(30-27-22)12-13-21(29)28-14-4-3-6-18(28)23-25-17-5-1-2-7-19(17)31-23/h1-2,5,7-11,18H,3-4,6,12-14H2/t18-/m1/s1. The van der Waals surface area contributed by atoms with Gasteiger partial charge in [-0.15, -0.1) is 11.3 Å². The summed E-state index contributed by atoms with van der Waals surface area (Å²) >= 11 is 7.62. The van der Waals surface area contributed by atoms with Crippen molar-refractivity contribution in [1.29, 1.82) is 0 Å². The number of likely N-dealkylation sites (tertiary alicyclic amines) is 1. The molecule has 4 aromatic rings. The lowest BCUT2D eigenvalue weighted by Crippen LogP contribution is -2.38. The number of carbonyl (C=O) groups is 1. The highest BCUT2D eigenvalue weighted by Crippen LogP contribution is 2.36. The Morgan fingerprint density at radius 1 is 1.13 bits per heavy atom. The minimum Gasteiger partial charge on any atom is -0.339 e. The molecule has 2 aromatic carbocycles. The number of carbonyl (C=O) groups excluding carboxylic acids is 1. The fourth-order valence-electron chi connectivity index (χ4n) is 3.95. The van der Waals surface area contributed by atoms with Crippen LogP contribution < -0.4 is 0 Å². The van der Waals surface area contributed by atoms with Crippen molar-refractivity contribution in [1.82, 2.24) is 20.0 Å². The fourth-order valence-corrected chi connectivity index (χ4v) is 5.19. The maximum absolute atomic E-state index is 13.1. The van der Waals surface area contributed by atoms with Gasteiger partial charge < -0.3 is 9.42 Å². The predicted octanol–water partition coefficient (Wildman–Crippen LogP) is 5.69. The third-order valence-electron chi connectivity index (χ3n) is 5.54. The number of rotatable bonds is 5. The molecule has 0 N–H and O–H groups in total. The molecule has 8 heteroatoms. The average molecular weight is 453 g/mol. The molecule has 5 rings (SSSR count). The van der Waals surface area contributed by atoms with Crippen LogP contribution in [-0.2, 0) is 11.2 Å². The highest BCUT2D eigenvalue weighted by Gasteiger charge is 2.30. The molecule has 0 spiro atoms. The number of piperidine rings is 1. The number of benzene rings is 2. The topological polar surface area (TPSA) is 72.1 Å². The van der Waals surface area contributed by atoms with Crippen LogP contribution in [0.2, 0.25) is 5.02 Å². The van der Waals surface area contributed by atoms with Crippen molar-refractivity contribution in [2.24, 2.45) is 0 Å². The third kappa shape index (κ3) is 4.34. The molecule has 6 nitrogen and oxygen atoms in total. The van der Waals surface area contributed by atoms with Crippen LogP contribution in [0.15, 0.2) is 53.1 Å². The fraction of sp³-hybridized carbons (Fsp3) is 0.304. The SMILES string of the molecule is O=C(CCc1nc(-c2ccc(Cl)cc2)no1)N1CCCC[C@@H]1c1nc2ccccc2s1. The molecule has 0 radical (unpaired) electrons. The van der Waals surface area contributed by atoms with Gasteiger partial charge in [-0.2, -0.15) is 4.98 Å². The lowest BCUT2D eigenvalue weighted by atomic mass is 10.0. The van der Waals surface area contributed by atoms with Crippen LogP contribution in [0.4, 0.5) is 0 Å². The summed E-state index contributed by atoms with van der Waals surface area (Å²) in [6.07, 6.45) is 3.84. The van der Waals surface area contributed by atoms with Crippen molar-refractivity contribution >= 4 is 39.1 Å². The summed E-state index contributed by atoms with van der Waals surface area (Å²) in [5.74, 6) is 1.08. The van der Waals surface area contributed by atoms with Crippen LogP contribution in [0, 0.1) is 0 Å². The van der Waals surface area contributed by atoms with Gasteiger partial charge in [0.15, 0.2) is 0 Å². The highest BCUT2D eigenvalue weighted by atomic mass is 35.5. The van der Waals surface area contributed by atoms with Gasteiger partial charge in [-0.3, -0.25) is 4.79 Å². The molecule has 2 aromatic heterocycles. The lowest BCUT2D eigenvalue weighted by Gasteiger charge is -2.34. The second-order valence-electron chi connectivity index (χ2n) is 7.64. The van der Waals surface area contributed by atoms with E-state index in [2.05, 4.69) is 16.2 Å². The van der Waals surface area contributed by atoms with Crippen LogP contribution in [0.25, 0.3) is 21.6 Å². The van der Waals surface area contributed by atoms with Gasteiger partial charge in [0.2, 0.25) is 17.6 Å². The molecular weight excluding hydrogens is 432 g/mol. The van der Waals surface area contributed by atoms with E-state index in [9.17, 15) is 4.79 Å². The number of amides is 1. The van der Waals surface area contributed by atoms with E-state index < -0.39 is 0 Å². The maximum atomic E-state index is 13.1. The van der Waals surface area contributed by atoms with E-state index in [1.807, 2.05) is 35.2 Å². The van der Waals surface area contributed by atoms with Crippen LogP contribution in [0.3, 0.4) is 0 Å². The highest BCUT2D eigenvalue weighted by molar-refractivity contribution is 7.18. The Bertz CT molecular complexity index is 1170. The number of halogens is 1. The quantitative estimate of drug-likeness (QED) is 0.389. The molecule has 31 heavy (non-hydrogen) atoms. The molecule has 0 bridgehead atoms. The van der Waals surface area contributed by atoms with Crippen molar-refractivity contribution in [3.8, 4) is 11.4 Å². The van der Waals surface area contributed by atoms with Gasteiger partial charge in [0.25, 0.3) is 0 Å². The smallest absolute Gasteiger partial charge is 0.227 e. The molecule has 1 aliphatic heterocycles. The Kier molecular flexibility index (Phi) is 5.70. The molecule has 0 saturated carbocycles. The zero-order valence-electron chi connectivity index (χ0n) is 16.8. The molecule has 158 valence electrons. The molecule has 3 heterocycles. The third-order valence-corrected chi connectivity index (χ3v) is 6.93. The summed E-state index contributed by atoms with van der Waals surface area (Å²) in [4.78, 5) is 24.3. The first-order valence-electron chi connectivity index (χ1n) is 10.4. The molecule has 1 atom stereocenters. The summed E-state index contributed by atoms with van der Waals surface area (Å²) in [5, 5.41) is 5.71. The number of para-hydroxylation sites is 1. The van der Waals surface area contributed by atoms with E-state index in [-0.39, 0.29) is 11.9 Å². The minimum atomic E-state index is 0.0472. The number of aromatic nitrogens is 3. The van der Waals surface area contributed by atoms with Crippen molar-refractivity contribution in [3.05, 3.63) is 64.5 Å². The summed E-state index contributed by atoms with van der Waals surface area (Å²) in [6.45, 7) is 0.763. The van der Waals surface area contributed by atoms with Crippen molar-refractivity contribution in [2.45, 2.75) is 38.1 Å². The number of thiazole rings is 1. The van der Waals surface area contributed by atoms with Gasteiger partial charge in [-0.05, 0) is 55.7 Å². The summed E-state index contributed by atoms with van der Waals surface area (Å²) < 4.78 is 6.53.